The summed E-state index contributed by atoms with van der Waals surface area (Å²) in [6.45, 7) is 0.604. The minimum atomic E-state index is -0.869. The molecule has 2 aromatic heterocycles. The van der Waals surface area contributed by atoms with Gasteiger partial charge in [-0.2, -0.15) is 0 Å². The minimum Gasteiger partial charge on any atom is -0.496 e. The van der Waals surface area contributed by atoms with Crippen molar-refractivity contribution in [3.05, 3.63) is 154 Å². The molecule has 3 heterocycles. The normalized spacial score (nSPS) is 14.7. The number of rotatable bonds is 11. The molecule has 8 rings (SSSR count). The van der Waals surface area contributed by atoms with Crippen LogP contribution < -0.4 is 14.4 Å². The van der Waals surface area contributed by atoms with E-state index >= 15 is 8.78 Å². The van der Waals surface area contributed by atoms with Crippen LogP contribution in [0.3, 0.4) is 0 Å². The van der Waals surface area contributed by atoms with Crippen LogP contribution in [0, 0.1) is 25.0 Å². The summed E-state index contributed by atoms with van der Waals surface area (Å²) in [4.78, 5) is 40.2. The van der Waals surface area contributed by atoms with Crippen LogP contribution in [0.2, 0.25) is 15.3 Å². The van der Waals surface area contributed by atoms with Crippen molar-refractivity contribution in [3.8, 4) is 33.8 Å². The lowest BCUT2D eigenvalue weighted by molar-refractivity contribution is -0.143. The smallest absolute Gasteiger partial charge is 0.326 e. The van der Waals surface area contributed by atoms with Gasteiger partial charge in [0.2, 0.25) is 11.2 Å². The zero-order valence-electron chi connectivity index (χ0n) is 36.8. The molecular formula is C50H51Cl3F2N5O6-. The van der Waals surface area contributed by atoms with Gasteiger partial charge in [-0.15, -0.1) is 0 Å². The van der Waals surface area contributed by atoms with Crippen molar-refractivity contribution in [2.75, 3.05) is 25.7 Å². The van der Waals surface area contributed by atoms with Crippen molar-refractivity contribution in [1.29, 1.82) is 0 Å². The number of carboxylic acids is 2. The predicted molar refractivity (Wildman–Crippen MR) is 255 cm³/mol. The van der Waals surface area contributed by atoms with Crippen molar-refractivity contribution in [1.82, 2.24) is 19.9 Å². The van der Waals surface area contributed by atoms with E-state index in [0.717, 1.165) is 49.7 Å². The molecule has 348 valence electrons. The molecule has 0 bridgehead atoms. The fraction of sp³-hybridized carbons (Fsp3) is 0.300. The van der Waals surface area contributed by atoms with E-state index in [1.54, 1.807) is 102 Å². The van der Waals surface area contributed by atoms with Crippen LogP contribution in [-0.2, 0) is 22.4 Å². The molecule has 1 unspecified atom stereocenters. The minimum absolute atomic E-state index is 0. The number of ether oxygens (including phenoxy) is 2. The second-order valence-corrected chi connectivity index (χ2v) is 16.8. The largest absolute Gasteiger partial charge is 0.496 e. The number of halogens is 5. The van der Waals surface area contributed by atoms with Crippen LogP contribution in [0.4, 0.5) is 14.7 Å². The maximum atomic E-state index is 15.5. The number of anilines is 1. The Bertz CT molecular complexity index is 2570. The highest BCUT2D eigenvalue weighted by atomic mass is 35.5. The first-order chi connectivity index (χ1) is 31.4. The third-order valence-electron chi connectivity index (χ3n) is 11.2. The topological polar surface area (TPSA) is 148 Å². The van der Waals surface area contributed by atoms with Crippen LogP contribution in [-0.4, -0.2) is 68.9 Å². The molecule has 66 heavy (non-hydrogen) atoms. The molecule has 4 aromatic carbocycles. The summed E-state index contributed by atoms with van der Waals surface area (Å²) in [6.07, 6.45) is 14.6. The van der Waals surface area contributed by atoms with Gasteiger partial charge in [0.15, 0.2) is 0 Å². The Balaban J connectivity index is 0.000000211. The number of aliphatic carboxylic acids is 2. The van der Waals surface area contributed by atoms with E-state index < -0.39 is 23.8 Å². The van der Waals surface area contributed by atoms with Crippen LogP contribution in [0.1, 0.15) is 73.6 Å². The molecule has 0 spiro atoms. The number of hydrogen-bond donors (Lipinski definition) is 2. The Morgan fingerprint density at radius 3 is 1.55 bits per heavy atom. The number of methoxy groups -OCH3 is 2. The summed E-state index contributed by atoms with van der Waals surface area (Å²) in [6, 6.07) is 20.2. The molecule has 0 amide bonds. The Kier molecular flexibility index (Phi) is 19.0. The molecular weight excluding hydrogens is 911 g/mol. The van der Waals surface area contributed by atoms with E-state index in [0.29, 0.717) is 80.3 Å². The summed E-state index contributed by atoms with van der Waals surface area (Å²) in [7, 11) is 3.01. The molecule has 2 fully saturated rings. The van der Waals surface area contributed by atoms with E-state index in [1.807, 2.05) is 0 Å². The summed E-state index contributed by atoms with van der Waals surface area (Å²) in [5.74, 6) is -0.990. The molecule has 6 aromatic rings. The highest BCUT2D eigenvalue weighted by Crippen LogP contribution is 2.38. The summed E-state index contributed by atoms with van der Waals surface area (Å²) in [5.41, 5.74) is 4.49. The Labute approximate surface area is 398 Å². The molecule has 11 nitrogen and oxygen atoms in total. The van der Waals surface area contributed by atoms with Gasteiger partial charge in [-0.25, -0.2) is 33.5 Å². The van der Waals surface area contributed by atoms with E-state index in [4.69, 9.17) is 49.4 Å². The maximum Gasteiger partial charge on any atom is 0.326 e. The quantitative estimate of drug-likeness (QED) is 0.0944. The van der Waals surface area contributed by atoms with Gasteiger partial charge >= 0.3 is 11.9 Å². The molecule has 1 saturated carbocycles. The summed E-state index contributed by atoms with van der Waals surface area (Å²) >= 11 is 17.8. The Hall–Kier alpha value is -5.89. The Morgan fingerprint density at radius 2 is 1.12 bits per heavy atom. The lowest BCUT2D eigenvalue weighted by Gasteiger charge is -2.32. The average molecular weight is 962 g/mol. The standard InChI is InChI=1S/C24H23ClFN3O3.C18H13Cl2FN2O.C7H12O2.CH3/c1-32-20-9-8-17(22(26)21(20)16-5-4-6-18(25)12-16)11-15-13-27-24(28-14-15)29-10-3-2-7-19(29)23(30)31;1-24-15-6-5-13(7-11-9-22-18(20)23-10-11)17(21)16(15)12-3-2-4-14(19)8-12;8-7(9)6-4-2-1-3-5-6;/h4-6,8-9,12-14,19H,2-3,7,10-11H2,1H3,(H,30,31);2-6,8-10H,7H2,1H3;6H,1-5H2,(H,8,9);1H3/q;;;-1. The molecule has 1 atom stereocenters. The van der Waals surface area contributed by atoms with E-state index in [-0.39, 0.29) is 30.9 Å². The molecule has 1 aliphatic heterocycles. The predicted octanol–water partition coefficient (Wildman–Crippen LogP) is 12.3. The second kappa shape index (κ2) is 24.6. The van der Waals surface area contributed by atoms with Crippen LogP contribution >= 0.6 is 34.8 Å². The SMILES string of the molecule is COc1ccc(Cc2cnc(Cl)nc2)c(F)c1-c1cccc(Cl)c1.COc1ccc(Cc2cnc(N3CCCCC3C(=O)O)nc2)c(F)c1-c1cccc(Cl)c1.O=C(O)C1CCCCC1.[CH3-]. The highest BCUT2D eigenvalue weighted by Gasteiger charge is 2.30. The zero-order chi connectivity index (χ0) is 46.5. The zero-order valence-corrected chi connectivity index (χ0v) is 39.1. The number of piperidine rings is 1. The van der Waals surface area contributed by atoms with Gasteiger partial charge in [0.25, 0.3) is 0 Å². The first-order valence-electron chi connectivity index (χ1n) is 21.1. The summed E-state index contributed by atoms with van der Waals surface area (Å²) in [5, 5.41) is 19.2. The van der Waals surface area contributed by atoms with Crippen LogP contribution in [0.15, 0.2) is 97.6 Å². The van der Waals surface area contributed by atoms with Crippen molar-refractivity contribution in [2.24, 2.45) is 5.92 Å². The second-order valence-electron chi connectivity index (χ2n) is 15.6. The number of benzene rings is 4. The van der Waals surface area contributed by atoms with E-state index in [9.17, 15) is 14.7 Å². The number of carboxylic acid groups (broad SMARTS) is 2. The van der Waals surface area contributed by atoms with E-state index in [1.165, 1.54) is 20.6 Å². The van der Waals surface area contributed by atoms with Crippen molar-refractivity contribution < 1.29 is 38.1 Å². The van der Waals surface area contributed by atoms with Crippen molar-refractivity contribution in [2.45, 2.75) is 70.3 Å². The lowest BCUT2D eigenvalue weighted by atomic mass is 9.90. The van der Waals surface area contributed by atoms with Crippen LogP contribution in [0.25, 0.3) is 22.3 Å². The number of carbonyl (C=O) groups is 2. The Morgan fingerprint density at radius 1 is 0.652 bits per heavy atom. The fourth-order valence-electron chi connectivity index (χ4n) is 7.88. The third kappa shape index (κ3) is 13.4. The number of hydrogen-bond acceptors (Lipinski definition) is 9. The average Bonchev–Trinajstić information content (AvgIpc) is 3.31. The molecule has 2 aliphatic rings. The maximum absolute atomic E-state index is 15.5. The fourth-order valence-corrected chi connectivity index (χ4v) is 8.36. The van der Waals surface area contributed by atoms with Gasteiger partial charge in [0, 0.05) is 54.2 Å². The van der Waals surface area contributed by atoms with Gasteiger partial charge in [0.1, 0.15) is 29.2 Å². The highest BCUT2D eigenvalue weighted by molar-refractivity contribution is 6.31. The lowest BCUT2D eigenvalue weighted by Crippen LogP contribution is -2.45. The van der Waals surface area contributed by atoms with Gasteiger partial charge in [-0.3, -0.25) is 4.79 Å². The number of aromatic nitrogens is 4. The molecule has 0 radical (unpaired) electrons. The first kappa shape index (κ1) is 51.1. The van der Waals surface area contributed by atoms with Gasteiger partial charge in [-0.05, 0) is 113 Å². The third-order valence-corrected chi connectivity index (χ3v) is 11.9. The van der Waals surface area contributed by atoms with E-state index in [2.05, 4.69) is 19.9 Å². The number of nitrogens with zero attached hydrogens (tertiary/aromatic N) is 5. The molecule has 2 N–H and O–H groups in total. The van der Waals surface area contributed by atoms with Crippen LogP contribution in [0.5, 0.6) is 11.5 Å². The molecule has 1 saturated heterocycles. The van der Waals surface area contributed by atoms with Gasteiger partial charge < -0.3 is 32.0 Å². The van der Waals surface area contributed by atoms with Crippen molar-refractivity contribution >= 4 is 52.7 Å². The molecule has 16 heteroatoms. The monoisotopic (exact) mass is 960 g/mol. The van der Waals surface area contributed by atoms with Gasteiger partial charge in [0.05, 0.1) is 31.3 Å². The first-order valence-corrected chi connectivity index (χ1v) is 22.2. The van der Waals surface area contributed by atoms with Crippen molar-refractivity contribution in [3.63, 3.8) is 0 Å². The summed E-state index contributed by atoms with van der Waals surface area (Å²) < 4.78 is 41.3. The molecule has 1 aliphatic carbocycles. The van der Waals surface area contributed by atoms with Gasteiger partial charge in [-0.1, -0.05) is 78.9 Å².